The molecule has 47 heavy (non-hydrogen) atoms. The largest absolute Gasteiger partial charge is 0.573 e. The number of alkyl halides is 3. The summed E-state index contributed by atoms with van der Waals surface area (Å²) < 4.78 is 78.1. The monoisotopic (exact) mass is 685 g/mol. The number of phosphoric acid groups is 1. The molecule has 1 heterocycles. The molecule has 5 aromatic rings. The van der Waals surface area contributed by atoms with E-state index in [0.717, 1.165) is 23.3 Å². The number of aromatic amines is 1. The first kappa shape index (κ1) is 34.0. The van der Waals surface area contributed by atoms with Crippen molar-refractivity contribution < 1.29 is 40.8 Å². The van der Waals surface area contributed by atoms with E-state index in [1.165, 1.54) is 12.1 Å². The Bertz CT molecular complexity index is 1840. The molecule has 1 aromatic heterocycles. The van der Waals surface area contributed by atoms with Crippen LogP contribution in [0.5, 0.6) is 17.2 Å². The van der Waals surface area contributed by atoms with Crippen LogP contribution in [0.3, 0.4) is 0 Å². The molecule has 0 amide bonds. The van der Waals surface area contributed by atoms with Gasteiger partial charge in [0, 0.05) is 5.69 Å². The lowest BCUT2D eigenvalue weighted by molar-refractivity contribution is -0.274. The lowest BCUT2D eigenvalue weighted by atomic mass is 10.0. The number of rotatable bonds is 13. The number of benzene rings is 4. The summed E-state index contributed by atoms with van der Waals surface area (Å²) in [5.74, 6) is 0.226. The summed E-state index contributed by atoms with van der Waals surface area (Å²) >= 11 is 6.33. The van der Waals surface area contributed by atoms with Crippen LogP contribution in [0.15, 0.2) is 114 Å². The van der Waals surface area contributed by atoms with E-state index in [0.29, 0.717) is 17.0 Å². The average Bonchev–Trinajstić information content (AvgIpc) is 3.06. The Kier molecular flexibility index (Phi) is 10.9. The van der Waals surface area contributed by atoms with E-state index in [2.05, 4.69) is 9.72 Å². The van der Waals surface area contributed by atoms with Crippen molar-refractivity contribution in [3.63, 3.8) is 0 Å². The van der Waals surface area contributed by atoms with Crippen molar-refractivity contribution in [2.75, 3.05) is 0 Å². The van der Waals surface area contributed by atoms with Gasteiger partial charge in [0.05, 0.1) is 31.1 Å². The fourth-order valence-electron chi connectivity index (χ4n) is 4.42. The van der Waals surface area contributed by atoms with Gasteiger partial charge in [-0.1, -0.05) is 84.4 Å². The van der Waals surface area contributed by atoms with Crippen LogP contribution in [0.25, 0.3) is 11.1 Å². The van der Waals surface area contributed by atoms with Gasteiger partial charge in [0.25, 0.3) is 0 Å². The zero-order chi connectivity index (χ0) is 33.4. The molecule has 5 rings (SSSR count). The Labute approximate surface area is 273 Å². The number of phosphoric ester groups is 1. The maximum atomic E-state index is 13.9. The first-order valence-electron chi connectivity index (χ1n) is 14.1. The molecule has 0 saturated heterocycles. The molecule has 244 valence electrons. The zero-order valence-electron chi connectivity index (χ0n) is 24.8. The number of pyridine rings is 1. The predicted octanol–water partition coefficient (Wildman–Crippen LogP) is 9.75. The van der Waals surface area contributed by atoms with Crippen molar-refractivity contribution >= 4 is 19.4 Å². The highest BCUT2D eigenvalue weighted by Gasteiger charge is 2.31. The van der Waals surface area contributed by atoms with Crippen molar-refractivity contribution in [2.24, 2.45) is 0 Å². The topological polar surface area (TPSA) is 96.1 Å². The van der Waals surface area contributed by atoms with E-state index in [9.17, 15) is 22.5 Å². The minimum Gasteiger partial charge on any atom is -0.457 e. The van der Waals surface area contributed by atoms with E-state index in [-0.39, 0.29) is 47.6 Å². The molecule has 0 spiro atoms. The number of nitrogens with one attached hydrogen (secondary N) is 1. The molecule has 0 atom stereocenters. The van der Waals surface area contributed by atoms with Crippen molar-refractivity contribution in [2.45, 2.75) is 33.1 Å². The van der Waals surface area contributed by atoms with Gasteiger partial charge in [-0.25, -0.2) is 4.57 Å². The van der Waals surface area contributed by atoms with Crippen LogP contribution in [0.2, 0.25) is 5.02 Å². The van der Waals surface area contributed by atoms with Gasteiger partial charge in [-0.05, 0) is 60.0 Å². The number of hydrogen-bond acceptors (Lipinski definition) is 7. The van der Waals surface area contributed by atoms with Gasteiger partial charge in [-0.3, -0.25) is 18.4 Å². The van der Waals surface area contributed by atoms with Gasteiger partial charge in [0.1, 0.15) is 22.3 Å². The summed E-state index contributed by atoms with van der Waals surface area (Å²) in [4.78, 5) is 16.5. The van der Waals surface area contributed by atoms with Crippen molar-refractivity contribution in [3.8, 4) is 28.4 Å². The number of aromatic nitrogens is 1. The molecular weight excluding hydrogens is 658 g/mol. The van der Waals surface area contributed by atoms with Gasteiger partial charge in [-0.2, -0.15) is 0 Å². The number of ether oxygens (including phenoxy) is 2. The number of aryl methyl sites for hydroxylation is 1. The fraction of sp³-hybridized carbons (Fsp3) is 0.147. The Balaban J connectivity index is 1.36. The highest BCUT2D eigenvalue weighted by molar-refractivity contribution is 7.48. The maximum absolute atomic E-state index is 13.9. The molecule has 0 bridgehead atoms. The smallest absolute Gasteiger partial charge is 0.457 e. The van der Waals surface area contributed by atoms with E-state index in [1.807, 2.05) is 60.7 Å². The Morgan fingerprint density at radius 3 is 1.68 bits per heavy atom. The average molecular weight is 686 g/mol. The summed E-state index contributed by atoms with van der Waals surface area (Å²) in [7, 11) is -4.18. The molecule has 4 aromatic carbocycles. The molecule has 0 unspecified atom stereocenters. The van der Waals surface area contributed by atoms with Crippen LogP contribution >= 0.6 is 19.4 Å². The molecule has 0 saturated carbocycles. The summed E-state index contributed by atoms with van der Waals surface area (Å²) in [5.41, 5.74) is 2.28. The van der Waals surface area contributed by atoms with Crippen LogP contribution < -0.4 is 14.9 Å². The van der Waals surface area contributed by atoms with Crippen LogP contribution in [-0.2, 0) is 38.0 Å². The van der Waals surface area contributed by atoms with E-state index < -0.39 is 19.6 Å². The Morgan fingerprint density at radius 2 is 1.17 bits per heavy atom. The highest BCUT2D eigenvalue weighted by atomic mass is 35.5. The number of H-pyrrole nitrogens is 1. The molecular formula is C34H28ClF3NO7P. The fourth-order valence-corrected chi connectivity index (χ4v) is 5.69. The number of halogens is 4. The molecule has 13 heteroatoms. The lowest BCUT2D eigenvalue weighted by Gasteiger charge is -2.20. The quantitative estimate of drug-likeness (QED) is 0.123. The minimum atomic E-state index is -4.81. The molecule has 0 aliphatic carbocycles. The van der Waals surface area contributed by atoms with Crippen molar-refractivity contribution in [1.29, 1.82) is 0 Å². The standard InChI is InChI=1S/C34H28ClF3NO7P/c1-23-32(35)33(40)31(26-12-14-27(15-13-26)45-28-16-18-29(19-17-28)46-34(36,37)38)30(39-23)22-44-47(41,42-20-24-8-4-2-5-9-24)43-21-25-10-6-3-7-11-25/h2-19H,20-22H2,1H3,(H,39,40). The van der Waals surface area contributed by atoms with Crippen LogP contribution in [0.1, 0.15) is 22.5 Å². The number of hydrogen-bond donors (Lipinski definition) is 1. The Morgan fingerprint density at radius 1 is 0.702 bits per heavy atom. The maximum Gasteiger partial charge on any atom is 0.573 e. The molecule has 0 radical (unpaired) electrons. The van der Waals surface area contributed by atoms with Crippen LogP contribution in [-0.4, -0.2) is 11.3 Å². The van der Waals surface area contributed by atoms with E-state index in [1.54, 1.807) is 31.2 Å². The molecule has 1 N–H and O–H groups in total. The Hall–Kier alpha value is -4.38. The predicted molar refractivity (Wildman–Crippen MR) is 170 cm³/mol. The van der Waals surface area contributed by atoms with Gasteiger partial charge < -0.3 is 14.5 Å². The molecule has 0 fully saturated rings. The minimum absolute atomic E-state index is 0.0333. The van der Waals surface area contributed by atoms with Crippen molar-refractivity contribution in [3.05, 3.63) is 147 Å². The SMILES string of the molecule is Cc1[nH]c(COP(=O)(OCc2ccccc2)OCc2ccccc2)c(-c2ccc(Oc3ccc(OC(F)(F)F)cc3)cc2)c(=O)c1Cl. The van der Waals surface area contributed by atoms with Gasteiger partial charge in [0.15, 0.2) is 0 Å². The second kappa shape index (κ2) is 15.0. The van der Waals surface area contributed by atoms with Crippen molar-refractivity contribution in [1.82, 2.24) is 4.98 Å². The normalized spacial score (nSPS) is 11.8. The van der Waals surface area contributed by atoms with E-state index in [4.69, 9.17) is 29.9 Å². The lowest BCUT2D eigenvalue weighted by Crippen LogP contribution is -2.16. The summed E-state index contributed by atoms with van der Waals surface area (Å²) in [5, 5.41) is -0.0333. The first-order valence-corrected chi connectivity index (χ1v) is 16.0. The zero-order valence-corrected chi connectivity index (χ0v) is 26.5. The van der Waals surface area contributed by atoms with Gasteiger partial charge in [-0.15, -0.1) is 13.2 Å². The third-order valence-corrected chi connectivity index (χ3v) is 8.45. The third kappa shape index (κ3) is 9.57. The highest BCUT2D eigenvalue weighted by Crippen LogP contribution is 2.52. The third-order valence-electron chi connectivity index (χ3n) is 6.66. The van der Waals surface area contributed by atoms with Crippen LogP contribution in [0.4, 0.5) is 13.2 Å². The van der Waals surface area contributed by atoms with Crippen LogP contribution in [0, 0.1) is 6.92 Å². The first-order chi connectivity index (χ1) is 22.5. The van der Waals surface area contributed by atoms with Gasteiger partial charge >= 0.3 is 14.2 Å². The van der Waals surface area contributed by atoms with E-state index >= 15 is 0 Å². The van der Waals surface area contributed by atoms with Gasteiger partial charge in [0.2, 0.25) is 5.43 Å². The second-order valence-corrected chi connectivity index (χ2v) is 12.2. The summed E-state index contributed by atoms with van der Waals surface area (Å²) in [6.45, 7) is 1.18. The molecule has 0 aliphatic rings. The molecule has 8 nitrogen and oxygen atoms in total. The summed E-state index contributed by atoms with van der Waals surface area (Å²) in [6.07, 6.45) is -4.81. The summed E-state index contributed by atoms with van der Waals surface area (Å²) in [6, 6.07) is 29.5. The molecule has 0 aliphatic heterocycles. The second-order valence-electron chi connectivity index (χ2n) is 10.1.